The van der Waals surface area contributed by atoms with E-state index >= 15 is 0 Å². The van der Waals surface area contributed by atoms with Gasteiger partial charge in [0.1, 0.15) is 5.82 Å². The fourth-order valence-electron chi connectivity index (χ4n) is 11.5. The van der Waals surface area contributed by atoms with Crippen molar-refractivity contribution in [2.45, 2.75) is 0 Å². The van der Waals surface area contributed by atoms with E-state index < -0.39 is 8.07 Å². The normalized spacial score (nSPS) is 12.0. The minimum atomic E-state index is -2.99. The molecule has 5 nitrogen and oxygen atoms in total. The molecule has 328 valence electrons. The maximum Gasteiger partial charge on any atom is 0.237 e. The highest BCUT2D eigenvalue weighted by Gasteiger charge is 2.42. The van der Waals surface area contributed by atoms with Gasteiger partial charge >= 0.3 is 0 Å². The summed E-state index contributed by atoms with van der Waals surface area (Å²) in [4.78, 5) is 11.4. The lowest BCUT2D eigenvalue weighted by Gasteiger charge is -2.35. The highest BCUT2D eigenvalue weighted by molar-refractivity contribution is 7.19. The van der Waals surface area contributed by atoms with E-state index in [1.165, 1.54) is 42.3 Å². The second-order valence-corrected chi connectivity index (χ2v) is 21.9. The third-order valence-electron chi connectivity index (χ3n) is 14.4. The van der Waals surface area contributed by atoms with E-state index in [-0.39, 0.29) is 0 Å². The molecule has 4 heterocycles. The number of rotatable bonds is 8. The molecule has 0 amide bonds. The third kappa shape index (κ3) is 5.97. The smallest absolute Gasteiger partial charge is 0.237 e. The first-order chi connectivity index (χ1) is 34.8. The Morgan fingerprint density at radius 3 is 1.01 bits per heavy atom. The van der Waals surface area contributed by atoms with Gasteiger partial charge in [0.2, 0.25) is 5.95 Å². The summed E-state index contributed by atoms with van der Waals surface area (Å²) in [6.07, 6.45) is 0. The monoisotopic (exact) mass is 909 g/mol. The number of hydrogen-bond acceptors (Lipinski definition) is 2. The van der Waals surface area contributed by atoms with Crippen LogP contribution in [0.5, 0.6) is 0 Å². The zero-order valence-corrected chi connectivity index (χ0v) is 39.1. The van der Waals surface area contributed by atoms with E-state index in [4.69, 9.17) is 9.97 Å². The first kappa shape index (κ1) is 40.0. The summed E-state index contributed by atoms with van der Waals surface area (Å²) in [5.74, 6) is 1.39. The molecule has 10 aromatic carbocycles. The van der Waals surface area contributed by atoms with Crippen LogP contribution in [0.25, 0.3) is 94.1 Å². The molecule has 70 heavy (non-hydrogen) atoms. The van der Waals surface area contributed by atoms with Crippen LogP contribution in [0.15, 0.2) is 261 Å². The summed E-state index contributed by atoms with van der Waals surface area (Å²) in [5, 5.41) is 12.3. The van der Waals surface area contributed by atoms with E-state index in [0.717, 1.165) is 66.6 Å². The van der Waals surface area contributed by atoms with Crippen molar-refractivity contribution < 1.29 is 0 Å². The average molecular weight is 910 g/mol. The molecule has 0 aliphatic carbocycles. The van der Waals surface area contributed by atoms with Crippen molar-refractivity contribution in [3.63, 3.8) is 0 Å². The summed E-state index contributed by atoms with van der Waals surface area (Å²) in [6, 6.07) is 95.2. The Morgan fingerprint density at radius 2 is 0.614 bits per heavy atom. The number of benzene rings is 10. The van der Waals surface area contributed by atoms with Crippen LogP contribution in [-0.2, 0) is 0 Å². The van der Waals surface area contributed by atoms with E-state index in [9.17, 15) is 0 Å². The Labute approximate surface area is 405 Å². The Kier molecular flexibility index (Phi) is 9.15. The Morgan fingerprint density at radius 1 is 0.271 bits per heavy atom. The predicted molar refractivity (Wildman–Crippen MR) is 294 cm³/mol. The lowest BCUT2D eigenvalue weighted by atomic mass is 10.1. The third-order valence-corrected chi connectivity index (χ3v) is 19.2. The van der Waals surface area contributed by atoms with Crippen molar-refractivity contribution in [1.82, 2.24) is 23.7 Å². The van der Waals surface area contributed by atoms with Gasteiger partial charge in [-0.1, -0.05) is 212 Å². The van der Waals surface area contributed by atoms with Crippen LogP contribution in [0, 0.1) is 0 Å². The van der Waals surface area contributed by atoms with Gasteiger partial charge in [0.05, 0.1) is 44.5 Å². The van der Waals surface area contributed by atoms with Crippen molar-refractivity contribution in [1.29, 1.82) is 0 Å². The van der Waals surface area contributed by atoms with Gasteiger partial charge in [0, 0.05) is 43.9 Å². The summed E-state index contributed by atoms with van der Waals surface area (Å²) < 4.78 is 7.05. The zero-order valence-electron chi connectivity index (χ0n) is 38.1. The Hall–Kier alpha value is -9.10. The van der Waals surface area contributed by atoms with Crippen LogP contribution in [0.3, 0.4) is 0 Å². The fraction of sp³-hybridized carbons (Fsp3) is 0. The van der Waals surface area contributed by atoms with Crippen molar-refractivity contribution >= 4 is 94.2 Å². The first-order valence-corrected chi connectivity index (χ1v) is 25.9. The summed E-state index contributed by atoms with van der Waals surface area (Å²) in [6.45, 7) is 0. The number of hydrogen-bond donors (Lipinski definition) is 0. The summed E-state index contributed by atoms with van der Waals surface area (Å²) >= 11 is 0. The van der Waals surface area contributed by atoms with Crippen molar-refractivity contribution in [2.75, 3.05) is 0 Å². The van der Waals surface area contributed by atoms with E-state index in [1.807, 2.05) is 0 Å². The van der Waals surface area contributed by atoms with E-state index in [0.29, 0.717) is 5.95 Å². The number of aromatic nitrogens is 5. The number of fused-ring (bicyclic) bond motifs is 9. The van der Waals surface area contributed by atoms with Gasteiger partial charge in [-0.15, -0.1) is 0 Å². The lowest BCUT2D eigenvalue weighted by Crippen LogP contribution is -2.74. The molecule has 0 bridgehead atoms. The molecule has 0 radical (unpaired) electrons. The van der Waals surface area contributed by atoms with Gasteiger partial charge < -0.3 is 4.57 Å². The molecule has 0 atom stereocenters. The first-order valence-electron chi connectivity index (χ1n) is 23.9. The molecular weight excluding hydrogens is 867 g/mol. The topological polar surface area (TPSA) is 40.6 Å². The molecule has 0 aliphatic rings. The quantitative estimate of drug-likeness (QED) is 0.113. The number of nitrogens with zero attached hydrogens (tertiary/aromatic N) is 5. The van der Waals surface area contributed by atoms with Gasteiger partial charge in [-0.3, -0.25) is 9.13 Å². The SMILES string of the molecule is c1ccc([Si](c2ccccc2)(c2ccccc2)c2ccc(-c3cc(-n4c5ccccc5c5ccccc54)nc(-n4c5ccccc5c5ccccc54)n3)c(-n3c4ccccc4c4ccccc43)c2)cc1. The largest absolute Gasteiger partial charge is 0.309 e. The van der Waals surface area contributed by atoms with Gasteiger partial charge in [-0.05, 0) is 63.2 Å². The minimum absolute atomic E-state index is 0.602. The highest BCUT2D eigenvalue weighted by atomic mass is 28.3. The molecular formula is C64H43N5Si. The van der Waals surface area contributed by atoms with E-state index in [2.05, 4.69) is 275 Å². The van der Waals surface area contributed by atoms with Crippen LogP contribution in [-0.4, -0.2) is 31.7 Å². The Bertz CT molecular complexity index is 3910. The fourth-order valence-corrected chi connectivity index (χ4v) is 16.3. The molecule has 6 heteroatoms. The second kappa shape index (κ2) is 16.0. The van der Waals surface area contributed by atoms with Gasteiger partial charge in [-0.2, -0.15) is 4.98 Å². The molecule has 14 aromatic rings. The van der Waals surface area contributed by atoms with Gasteiger partial charge in [0.15, 0.2) is 8.07 Å². The number of para-hydroxylation sites is 6. The molecule has 0 spiro atoms. The highest BCUT2D eigenvalue weighted by Crippen LogP contribution is 2.39. The van der Waals surface area contributed by atoms with E-state index in [1.54, 1.807) is 0 Å². The standard InChI is InChI=1S/C64H43N5Si/c1-4-22-44(23-5-1)70(45-24-6-2-7-25-45,46-26-8-3-9-27-46)47-40-41-54(62(42-47)67-56-34-16-10-28-48(56)49-29-11-17-35-57(49)67)55-43-63(68-58-36-18-12-30-50(58)51-31-13-19-37-59(51)68)66-64(65-55)69-60-38-20-14-32-52(60)53-33-15-21-39-61(53)69/h1-43H. The molecule has 14 rings (SSSR count). The van der Waals surface area contributed by atoms with Crippen LogP contribution >= 0.6 is 0 Å². The van der Waals surface area contributed by atoms with Crippen molar-refractivity contribution in [3.05, 3.63) is 261 Å². The van der Waals surface area contributed by atoms with Crippen LogP contribution < -0.4 is 20.7 Å². The molecule has 0 unspecified atom stereocenters. The predicted octanol–water partition coefficient (Wildman–Crippen LogP) is 12.8. The molecule has 4 aromatic heterocycles. The van der Waals surface area contributed by atoms with Crippen LogP contribution in [0.4, 0.5) is 0 Å². The molecule has 0 aliphatic heterocycles. The van der Waals surface area contributed by atoms with Crippen LogP contribution in [0.2, 0.25) is 0 Å². The maximum absolute atomic E-state index is 5.75. The molecule has 0 fully saturated rings. The van der Waals surface area contributed by atoms with Crippen molar-refractivity contribution in [2.24, 2.45) is 0 Å². The Balaban J connectivity index is 1.14. The lowest BCUT2D eigenvalue weighted by molar-refractivity contribution is 0.951. The van der Waals surface area contributed by atoms with Crippen LogP contribution in [0.1, 0.15) is 0 Å². The summed E-state index contributed by atoms with van der Waals surface area (Å²) in [7, 11) is -2.99. The van der Waals surface area contributed by atoms with Crippen molar-refractivity contribution in [3.8, 4) is 28.7 Å². The zero-order chi connectivity index (χ0) is 46.2. The van der Waals surface area contributed by atoms with Gasteiger partial charge in [0.25, 0.3) is 0 Å². The summed E-state index contributed by atoms with van der Waals surface area (Å²) in [5.41, 5.74) is 9.41. The minimum Gasteiger partial charge on any atom is -0.309 e. The molecule has 0 saturated carbocycles. The average Bonchev–Trinajstić information content (AvgIpc) is 4.08. The molecule has 0 saturated heterocycles. The molecule has 0 N–H and O–H groups in total. The van der Waals surface area contributed by atoms with Gasteiger partial charge in [-0.25, -0.2) is 4.98 Å². The maximum atomic E-state index is 5.75. The second-order valence-electron chi connectivity index (χ2n) is 18.1.